The number of nitrogens with zero attached hydrogens (tertiary/aromatic N) is 1. The minimum Gasteiger partial charge on any atom is -0.313 e. The van der Waals surface area contributed by atoms with Gasteiger partial charge in [0.1, 0.15) is 0 Å². The quantitative estimate of drug-likeness (QED) is 0.603. The molecule has 1 amide bonds. The number of hydrogen-bond donors (Lipinski definition) is 0. The smallest absolute Gasteiger partial charge is 0.223 e. The van der Waals surface area contributed by atoms with Gasteiger partial charge in [-0.2, -0.15) is 0 Å². The molecular weight excluding hydrogens is 226 g/mol. The first-order valence-corrected chi connectivity index (χ1v) is 6.03. The summed E-state index contributed by atoms with van der Waals surface area (Å²) in [4.78, 5) is 25.0. The van der Waals surface area contributed by atoms with Crippen molar-refractivity contribution < 1.29 is 9.59 Å². The zero-order chi connectivity index (χ0) is 13.7. The van der Waals surface area contributed by atoms with Gasteiger partial charge in [0, 0.05) is 24.7 Å². The lowest BCUT2D eigenvalue weighted by molar-refractivity contribution is -0.116. The zero-order valence-electron chi connectivity index (χ0n) is 11.4. The lowest BCUT2D eigenvalue weighted by Crippen LogP contribution is -2.27. The highest BCUT2D eigenvalue weighted by atomic mass is 16.2. The maximum atomic E-state index is 11.9. The fourth-order valence-electron chi connectivity index (χ4n) is 1.76. The summed E-state index contributed by atoms with van der Waals surface area (Å²) in [6.45, 7) is 7.79. The number of carbonyl (C=O) groups is 2. The van der Waals surface area contributed by atoms with Crippen LogP contribution in [0.4, 0.5) is 5.69 Å². The molecule has 1 rings (SSSR count). The zero-order valence-corrected chi connectivity index (χ0v) is 11.4. The first-order valence-electron chi connectivity index (χ1n) is 6.03. The predicted molar refractivity (Wildman–Crippen MR) is 73.9 cm³/mol. The molecule has 0 atom stereocenters. The standard InChI is InChI=1S/C15H19NO2/c1-5-16(12(4)17)14-8-6-7-13(10-14)15(18)9-11(2)3/h6-10H,5H2,1-4H3. The van der Waals surface area contributed by atoms with E-state index in [9.17, 15) is 9.59 Å². The molecule has 1 aromatic rings. The van der Waals surface area contributed by atoms with E-state index in [4.69, 9.17) is 0 Å². The molecule has 0 spiro atoms. The normalized spacial score (nSPS) is 9.78. The number of benzene rings is 1. The molecule has 0 aliphatic carbocycles. The molecule has 96 valence electrons. The van der Waals surface area contributed by atoms with E-state index in [-0.39, 0.29) is 11.7 Å². The lowest BCUT2D eigenvalue weighted by Gasteiger charge is -2.19. The van der Waals surface area contributed by atoms with Crippen molar-refractivity contribution in [3.63, 3.8) is 0 Å². The molecule has 3 heteroatoms. The van der Waals surface area contributed by atoms with Gasteiger partial charge in [-0.1, -0.05) is 17.7 Å². The van der Waals surface area contributed by atoms with E-state index in [1.807, 2.05) is 26.8 Å². The van der Waals surface area contributed by atoms with Crippen molar-refractivity contribution in [3.8, 4) is 0 Å². The van der Waals surface area contributed by atoms with Gasteiger partial charge in [0.25, 0.3) is 0 Å². The molecule has 0 radical (unpaired) electrons. The van der Waals surface area contributed by atoms with Crippen LogP contribution in [0.25, 0.3) is 0 Å². The highest BCUT2D eigenvalue weighted by Crippen LogP contribution is 2.17. The number of ketones is 1. The molecule has 0 bridgehead atoms. The van der Waals surface area contributed by atoms with Crippen LogP contribution in [0.3, 0.4) is 0 Å². The van der Waals surface area contributed by atoms with Crippen LogP contribution in [0.5, 0.6) is 0 Å². The van der Waals surface area contributed by atoms with E-state index in [1.165, 1.54) is 6.92 Å². The molecule has 18 heavy (non-hydrogen) atoms. The Bertz CT molecular complexity index is 485. The molecule has 3 nitrogen and oxygen atoms in total. The van der Waals surface area contributed by atoms with Crippen LogP contribution >= 0.6 is 0 Å². The largest absolute Gasteiger partial charge is 0.313 e. The molecule has 0 saturated heterocycles. The fraction of sp³-hybridized carbons (Fsp3) is 0.333. The molecule has 0 saturated carbocycles. The molecule has 0 aliphatic rings. The second kappa shape index (κ2) is 6.15. The molecular formula is C15H19NO2. The van der Waals surface area contributed by atoms with Crippen LogP contribution in [0.1, 0.15) is 38.1 Å². The first-order chi connectivity index (χ1) is 8.45. The van der Waals surface area contributed by atoms with Gasteiger partial charge in [-0.05, 0) is 39.0 Å². The van der Waals surface area contributed by atoms with Crippen molar-refractivity contribution >= 4 is 17.4 Å². The van der Waals surface area contributed by atoms with Crippen molar-refractivity contribution in [2.75, 3.05) is 11.4 Å². The number of hydrogen-bond acceptors (Lipinski definition) is 2. The van der Waals surface area contributed by atoms with Gasteiger partial charge in [-0.3, -0.25) is 9.59 Å². The van der Waals surface area contributed by atoms with Crippen LogP contribution in [-0.2, 0) is 4.79 Å². The van der Waals surface area contributed by atoms with E-state index in [1.54, 1.807) is 29.2 Å². The third-order valence-electron chi connectivity index (χ3n) is 2.56. The summed E-state index contributed by atoms with van der Waals surface area (Å²) in [6.07, 6.45) is 1.60. The maximum Gasteiger partial charge on any atom is 0.223 e. The number of amides is 1. The number of rotatable bonds is 4. The van der Waals surface area contributed by atoms with Gasteiger partial charge < -0.3 is 4.90 Å². The highest BCUT2D eigenvalue weighted by Gasteiger charge is 2.11. The second-order valence-electron chi connectivity index (χ2n) is 4.40. The average Bonchev–Trinajstić information content (AvgIpc) is 2.29. The van der Waals surface area contributed by atoms with E-state index in [2.05, 4.69) is 0 Å². The van der Waals surface area contributed by atoms with E-state index < -0.39 is 0 Å². The van der Waals surface area contributed by atoms with Crippen molar-refractivity contribution in [2.24, 2.45) is 0 Å². The third kappa shape index (κ3) is 3.55. The van der Waals surface area contributed by atoms with E-state index in [0.29, 0.717) is 12.1 Å². The number of anilines is 1. The van der Waals surface area contributed by atoms with Gasteiger partial charge in [-0.25, -0.2) is 0 Å². The Labute approximate surface area is 108 Å². The molecule has 1 aromatic carbocycles. The van der Waals surface area contributed by atoms with Crippen LogP contribution in [0, 0.1) is 0 Å². The van der Waals surface area contributed by atoms with Crippen molar-refractivity contribution in [1.82, 2.24) is 0 Å². The minimum atomic E-state index is -0.0311. The molecule has 0 aromatic heterocycles. The van der Waals surface area contributed by atoms with E-state index in [0.717, 1.165) is 11.3 Å². The van der Waals surface area contributed by atoms with Gasteiger partial charge in [0.05, 0.1) is 0 Å². The summed E-state index contributed by atoms with van der Waals surface area (Å²) < 4.78 is 0. The topological polar surface area (TPSA) is 37.4 Å². The van der Waals surface area contributed by atoms with Crippen LogP contribution in [-0.4, -0.2) is 18.2 Å². The summed E-state index contributed by atoms with van der Waals surface area (Å²) in [6, 6.07) is 7.16. The fourth-order valence-corrected chi connectivity index (χ4v) is 1.76. The molecule has 0 unspecified atom stereocenters. The minimum absolute atomic E-state index is 0.0238. The van der Waals surface area contributed by atoms with Gasteiger partial charge in [0.2, 0.25) is 5.91 Å². The highest BCUT2D eigenvalue weighted by molar-refractivity contribution is 6.06. The average molecular weight is 245 g/mol. The SMILES string of the molecule is CCN(C(C)=O)c1cccc(C(=O)C=C(C)C)c1. The van der Waals surface area contributed by atoms with Crippen LogP contribution in [0.2, 0.25) is 0 Å². The number of allylic oxidation sites excluding steroid dienone is 2. The Balaban J connectivity index is 3.09. The van der Waals surface area contributed by atoms with Crippen molar-refractivity contribution in [1.29, 1.82) is 0 Å². The number of carbonyl (C=O) groups excluding carboxylic acids is 2. The molecule has 0 N–H and O–H groups in total. The van der Waals surface area contributed by atoms with Gasteiger partial charge in [-0.15, -0.1) is 0 Å². The summed E-state index contributed by atoms with van der Waals surface area (Å²) in [5.74, 6) is -0.0548. The Morgan fingerprint density at radius 3 is 2.39 bits per heavy atom. The maximum absolute atomic E-state index is 11.9. The molecule has 0 heterocycles. The Morgan fingerprint density at radius 2 is 1.89 bits per heavy atom. The van der Waals surface area contributed by atoms with Gasteiger partial charge in [0.15, 0.2) is 5.78 Å². The predicted octanol–water partition coefficient (Wildman–Crippen LogP) is 3.21. The van der Waals surface area contributed by atoms with Crippen molar-refractivity contribution in [3.05, 3.63) is 41.5 Å². The second-order valence-corrected chi connectivity index (χ2v) is 4.40. The van der Waals surface area contributed by atoms with E-state index >= 15 is 0 Å². The van der Waals surface area contributed by atoms with Crippen LogP contribution in [0.15, 0.2) is 35.9 Å². The monoisotopic (exact) mass is 245 g/mol. The Hall–Kier alpha value is -1.90. The first kappa shape index (κ1) is 14.2. The summed E-state index contributed by atoms with van der Waals surface area (Å²) in [5.41, 5.74) is 2.33. The van der Waals surface area contributed by atoms with Gasteiger partial charge >= 0.3 is 0 Å². The lowest BCUT2D eigenvalue weighted by atomic mass is 10.1. The molecule has 0 aliphatic heterocycles. The van der Waals surface area contributed by atoms with Crippen molar-refractivity contribution in [2.45, 2.75) is 27.7 Å². The summed E-state index contributed by atoms with van der Waals surface area (Å²) >= 11 is 0. The summed E-state index contributed by atoms with van der Waals surface area (Å²) in [5, 5.41) is 0. The summed E-state index contributed by atoms with van der Waals surface area (Å²) in [7, 11) is 0. The third-order valence-corrected chi connectivity index (χ3v) is 2.56. The Kier molecular flexibility index (Phi) is 4.84. The Morgan fingerprint density at radius 1 is 1.22 bits per heavy atom. The molecule has 0 fully saturated rings. The van der Waals surface area contributed by atoms with Crippen LogP contribution < -0.4 is 4.90 Å².